The number of nitrogens with one attached hydrogen (secondary N) is 1. The summed E-state index contributed by atoms with van der Waals surface area (Å²) in [5.74, 6) is 0. The van der Waals surface area contributed by atoms with Crippen molar-refractivity contribution in [2.45, 2.75) is 39.8 Å². The zero-order chi connectivity index (χ0) is 13.0. The van der Waals surface area contributed by atoms with Crippen LogP contribution in [0.1, 0.15) is 41.0 Å². The number of nitrogens with zero attached hydrogens (tertiary/aromatic N) is 2. The molecule has 2 aromatic rings. The third-order valence-corrected chi connectivity index (χ3v) is 4.21. The molecule has 0 saturated heterocycles. The lowest BCUT2D eigenvalue weighted by atomic mass is 10.2. The number of hydrogen-bond acceptors (Lipinski definition) is 4. The van der Waals surface area contributed by atoms with Gasteiger partial charge in [-0.05, 0) is 32.4 Å². The Balaban J connectivity index is 1.96. The molecule has 96 valence electrons. The van der Waals surface area contributed by atoms with E-state index in [1.54, 1.807) is 12.4 Å². The number of aryl methyl sites for hydroxylation is 2. The Labute approximate surface area is 112 Å². The van der Waals surface area contributed by atoms with E-state index >= 15 is 0 Å². The van der Waals surface area contributed by atoms with Gasteiger partial charge < -0.3 is 5.32 Å². The molecule has 4 heteroatoms. The van der Waals surface area contributed by atoms with Gasteiger partial charge in [0.2, 0.25) is 0 Å². The fourth-order valence-electron chi connectivity index (χ4n) is 1.90. The monoisotopic (exact) mass is 261 g/mol. The molecular weight excluding hydrogens is 242 g/mol. The molecule has 0 aliphatic heterocycles. The SMILES string of the molecule is CCc1ccc(CNC(C)c2nccnc2C)s1. The molecule has 1 atom stereocenters. The third kappa shape index (κ3) is 3.15. The molecule has 0 radical (unpaired) electrons. The Hall–Kier alpha value is -1.26. The molecule has 0 amide bonds. The zero-order valence-electron chi connectivity index (χ0n) is 11.1. The van der Waals surface area contributed by atoms with Crippen LogP contribution in [0.2, 0.25) is 0 Å². The Morgan fingerprint density at radius 3 is 2.61 bits per heavy atom. The van der Waals surface area contributed by atoms with Crippen molar-refractivity contribution in [3.8, 4) is 0 Å². The summed E-state index contributed by atoms with van der Waals surface area (Å²) in [6.07, 6.45) is 4.60. The topological polar surface area (TPSA) is 37.8 Å². The van der Waals surface area contributed by atoms with Crippen molar-refractivity contribution >= 4 is 11.3 Å². The highest BCUT2D eigenvalue weighted by Crippen LogP contribution is 2.18. The maximum atomic E-state index is 4.39. The first-order chi connectivity index (χ1) is 8.70. The van der Waals surface area contributed by atoms with E-state index in [4.69, 9.17) is 0 Å². The maximum absolute atomic E-state index is 4.39. The Morgan fingerprint density at radius 2 is 1.94 bits per heavy atom. The van der Waals surface area contributed by atoms with Crippen LogP contribution in [-0.4, -0.2) is 9.97 Å². The van der Waals surface area contributed by atoms with E-state index in [9.17, 15) is 0 Å². The van der Waals surface area contributed by atoms with E-state index in [0.717, 1.165) is 24.4 Å². The Morgan fingerprint density at radius 1 is 1.22 bits per heavy atom. The van der Waals surface area contributed by atoms with Crippen LogP contribution in [0.5, 0.6) is 0 Å². The first kappa shape index (κ1) is 13.2. The standard InChI is InChI=1S/C14H19N3S/c1-4-12-5-6-13(18-12)9-17-11(3)14-10(2)15-7-8-16-14/h5-8,11,17H,4,9H2,1-3H3. The molecule has 2 aromatic heterocycles. The van der Waals surface area contributed by atoms with E-state index < -0.39 is 0 Å². The Bertz CT molecular complexity index is 507. The third-order valence-electron chi connectivity index (χ3n) is 2.98. The fourth-order valence-corrected chi connectivity index (χ4v) is 2.81. The molecule has 0 aliphatic rings. The molecule has 0 bridgehead atoms. The summed E-state index contributed by atoms with van der Waals surface area (Å²) in [6, 6.07) is 4.64. The van der Waals surface area contributed by atoms with E-state index in [0.29, 0.717) is 0 Å². The largest absolute Gasteiger partial charge is 0.304 e. The van der Waals surface area contributed by atoms with Crippen molar-refractivity contribution in [2.24, 2.45) is 0 Å². The minimum Gasteiger partial charge on any atom is -0.304 e. The summed E-state index contributed by atoms with van der Waals surface area (Å²) in [6.45, 7) is 7.21. The molecule has 0 fully saturated rings. The number of rotatable bonds is 5. The molecule has 2 rings (SSSR count). The molecule has 2 heterocycles. The van der Waals surface area contributed by atoms with Gasteiger partial charge in [-0.2, -0.15) is 0 Å². The van der Waals surface area contributed by atoms with E-state index in [-0.39, 0.29) is 6.04 Å². The zero-order valence-corrected chi connectivity index (χ0v) is 11.9. The molecule has 0 aromatic carbocycles. The van der Waals surface area contributed by atoms with Gasteiger partial charge in [0.25, 0.3) is 0 Å². The molecule has 0 aliphatic carbocycles. The molecular formula is C14H19N3S. The highest BCUT2D eigenvalue weighted by Gasteiger charge is 2.10. The molecule has 1 unspecified atom stereocenters. The molecule has 1 N–H and O–H groups in total. The van der Waals surface area contributed by atoms with Crippen molar-refractivity contribution in [1.82, 2.24) is 15.3 Å². The van der Waals surface area contributed by atoms with Crippen molar-refractivity contribution in [1.29, 1.82) is 0 Å². The highest BCUT2D eigenvalue weighted by molar-refractivity contribution is 7.11. The smallest absolute Gasteiger partial charge is 0.0782 e. The van der Waals surface area contributed by atoms with Gasteiger partial charge in [-0.15, -0.1) is 11.3 Å². The van der Waals surface area contributed by atoms with Crippen LogP contribution in [-0.2, 0) is 13.0 Å². The van der Waals surface area contributed by atoms with Crippen molar-refractivity contribution in [3.05, 3.63) is 45.7 Å². The van der Waals surface area contributed by atoms with E-state index in [2.05, 4.69) is 41.3 Å². The molecule has 18 heavy (non-hydrogen) atoms. The first-order valence-corrected chi connectivity index (χ1v) is 7.10. The van der Waals surface area contributed by atoms with Crippen molar-refractivity contribution < 1.29 is 0 Å². The van der Waals surface area contributed by atoms with E-state index in [1.165, 1.54) is 9.75 Å². The highest BCUT2D eigenvalue weighted by atomic mass is 32.1. The van der Waals surface area contributed by atoms with Gasteiger partial charge >= 0.3 is 0 Å². The average molecular weight is 261 g/mol. The predicted octanol–water partition coefficient (Wildman–Crippen LogP) is 3.26. The summed E-state index contributed by atoms with van der Waals surface area (Å²) in [4.78, 5) is 11.5. The number of aromatic nitrogens is 2. The van der Waals surface area contributed by atoms with Crippen molar-refractivity contribution in [3.63, 3.8) is 0 Å². The van der Waals surface area contributed by atoms with Gasteiger partial charge in [-0.3, -0.25) is 9.97 Å². The lowest BCUT2D eigenvalue weighted by Crippen LogP contribution is -2.19. The minimum atomic E-state index is 0.228. The van der Waals surface area contributed by atoms with Crippen LogP contribution in [0.4, 0.5) is 0 Å². The Kier molecular flexibility index (Phi) is 4.44. The fraction of sp³-hybridized carbons (Fsp3) is 0.429. The van der Waals surface area contributed by atoms with Gasteiger partial charge in [0, 0.05) is 34.7 Å². The number of thiophene rings is 1. The van der Waals surface area contributed by atoms with Crippen LogP contribution in [0, 0.1) is 6.92 Å². The first-order valence-electron chi connectivity index (χ1n) is 6.29. The summed E-state index contributed by atoms with van der Waals surface area (Å²) in [5, 5.41) is 3.50. The van der Waals surface area contributed by atoms with Gasteiger partial charge in [-0.1, -0.05) is 6.92 Å². The van der Waals surface area contributed by atoms with Gasteiger partial charge in [0.05, 0.1) is 11.4 Å². The van der Waals surface area contributed by atoms with Crippen LogP contribution in [0.3, 0.4) is 0 Å². The van der Waals surface area contributed by atoms with Gasteiger partial charge in [0.1, 0.15) is 0 Å². The summed E-state index contributed by atoms with van der Waals surface area (Å²) in [5.41, 5.74) is 2.03. The van der Waals surface area contributed by atoms with Gasteiger partial charge in [0.15, 0.2) is 0 Å². The molecule has 0 spiro atoms. The minimum absolute atomic E-state index is 0.228. The van der Waals surface area contributed by atoms with Crippen LogP contribution in [0.25, 0.3) is 0 Å². The quantitative estimate of drug-likeness (QED) is 0.897. The summed E-state index contributed by atoms with van der Waals surface area (Å²) < 4.78 is 0. The van der Waals surface area contributed by atoms with Crippen LogP contribution >= 0.6 is 11.3 Å². The van der Waals surface area contributed by atoms with Gasteiger partial charge in [-0.25, -0.2) is 0 Å². The lowest BCUT2D eigenvalue weighted by Gasteiger charge is -2.13. The van der Waals surface area contributed by atoms with Crippen LogP contribution < -0.4 is 5.32 Å². The molecule has 0 saturated carbocycles. The maximum Gasteiger partial charge on any atom is 0.0782 e. The lowest BCUT2D eigenvalue weighted by molar-refractivity contribution is 0.559. The summed E-state index contributed by atoms with van der Waals surface area (Å²) in [7, 11) is 0. The average Bonchev–Trinajstić information content (AvgIpc) is 2.84. The predicted molar refractivity (Wildman–Crippen MR) is 75.7 cm³/mol. The normalized spacial score (nSPS) is 12.6. The second-order valence-electron chi connectivity index (χ2n) is 4.35. The summed E-state index contributed by atoms with van der Waals surface area (Å²) >= 11 is 1.88. The second kappa shape index (κ2) is 6.07. The number of hydrogen-bond donors (Lipinski definition) is 1. The molecule has 3 nitrogen and oxygen atoms in total. The van der Waals surface area contributed by atoms with Crippen LogP contribution in [0.15, 0.2) is 24.5 Å². The van der Waals surface area contributed by atoms with E-state index in [1.807, 2.05) is 18.3 Å². The van der Waals surface area contributed by atoms with Crippen molar-refractivity contribution in [2.75, 3.05) is 0 Å². The second-order valence-corrected chi connectivity index (χ2v) is 5.60.